The van der Waals surface area contributed by atoms with Crippen molar-refractivity contribution >= 4 is 15.9 Å². The van der Waals surface area contributed by atoms with Crippen molar-refractivity contribution in [2.45, 2.75) is 43.9 Å². The molecular weight excluding hydrogens is 416 g/mol. The van der Waals surface area contributed by atoms with Crippen molar-refractivity contribution < 1.29 is 13.2 Å². The van der Waals surface area contributed by atoms with Gasteiger partial charge in [0.1, 0.15) is 0 Å². The van der Waals surface area contributed by atoms with Gasteiger partial charge in [0.05, 0.1) is 34.6 Å². The molecule has 1 aromatic carbocycles. The molecular formula is C21H26N6O3S. The molecule has 1 aliphatic carbocycles. The summed E-state index contributed by atoms with van der Waals surface area (Å²) in [6.45, 7) is 2.43. The van der Waals surface area contributed by atoms with Crippen LogP contribution >= 0.6 is 0 Å². The Balaban J connectivity index is 1.72. The van der Waals surface area contributed by atoms with Gasteiger partial charge in [-0.1, -0.05) is 13.3 Å². The third-order valence-electron chi connectivity index (χ3n) is 5.49. The molecule has 0 fully saturated rings. The zero-order valence-electron chi connectivity index (χ0n) is 17.6. The van der Waals surface area contributed by atoms with E-state index in [0.717, 1.165) is 59.6 Å². The van der Waals surface area contributed by atoms with Gasteiger partial charge in [0.15, 0.2) is 0 Å². The number of sulfonamides is 1. The summed E-state index contributed by atoms with van der Waals surface area (Å²) in [6, 6.07) is 6.63. The van der Waals surface area contributed by atoms with E-state index in [9.17, 15) is 13.2 Å². The van der Waals surface area contributed by atoms with Crippen LogP contribution in [0.3, 0.4) is 0 Å². The Bertz CT molecular complexity index is 1190. The van der Waals surface area contributed by atoms with E-state index in [4.69, 9.17) is 5.10 Å². The monoisotopic (exact) mass is 442 g/mol. The Labute approximate surface area is 181 Å². The number of fused-ring (bicyclic) bond motifs is 3. The molecule has 0 aliphatic heterocycles. The second-order valence-corrected chi connectivity index (χ2v) is 9.31. The van der Waals surface area contributed by atoms with Crippen molar-refractivity contribution in [1.82, 2.24) is 30.0 Å². The summed E-state index contributed by atoms with van der Waals surface area (Å²) < 4.78 is 29.4. The number of aromatic amines is 1. The fourth-order valence-corrected chi connectivity index (χ4v) is 4.87. The first-order valence-electron chi connectivity index (χ1n) is 10.4. The highest BCUT2D eigenvalue weighted by Crippen LogP contribution is 2.36. The Hall–Kier alpha value is -2.98. The fraction of sp³-hybridized carbons (Fsp3) is 0.381. The molecule has 3 N–H and O–H groups in total. The molecule has 3 aromatic rings. The van der Waals surface area contributed by atoms with E-state index >= 15 is 0 Å². The number of H-pyrrole nitrogens is 1. The minimum atomic E-state index is -3.55. The topological polar surface area (TPSA) is 122 Å². The highest BCUT2D eigenvalue weighted by atomic mass is 32.2. The van der Waals surface area contributed by atoms with Crippen LogP contribution in [0.1, 0.15) is 36.7 Å². The molecule has 31 heavy (non-hydrogen) atoms. The van der Waals surface area contributed by atoms with Crippen molar-refractivity contribution in [1.29, 1.82) is 0 Å². The van der Waals surface area contributed by atoms with Crippen molar-refractivity contribution in [3.05, 3.63) is 47.4 Å². The molecule has 4 rings (SSSR count). The predicted molar refractivity (Wildman–Crippen MR) is 116 cm³/mol. The van der Waals surface area contributed by atoms with E-state index < -0.39 is 10.0 Å². The standard InChI is InChI=1S/C21H26N6O3S/c1-3-4-11-24-31(29,30)15-7-5-14(6-8-15)27-21-16(19(26-27)12-20(28)22-2)9-10-18-17(21)13-23-25-18/h5-8,13,24H,3-4,9-12H2,1-2H3,(H,22,28)(H,23,25). The minimum Gasteiger partial charge on any atom is -0.359 e. The molecule has 0 atom stereocenters. The van der Waals surface area contributed by atoms with Gasteiger partial charge >= 0.3 is 0 Å². The molecule has 2 aromatic heterocycles. The van der Waals surface area contributed by atoms with Crippen LogP contribution in [0, 0.1) is 0 Å². The van der Waals surface area contributed by atoms with Gasteiger partial charge in [-0.05, 0) is 43.5 Å². The lowest BCUT2D eigenvalue weighted by atomic mass is 9.93. The largest absolute Gasteiger partial charge is 0.359 e. The summed E-state index contributed by atoms with van der Waals surface area (Å²) in [5.41, 5.74) is 5.34. The van der Waals surface area contributed by atoms with Gasteiger partial charge in [-0.2, -0.15) is 10.2 Å². The number of likely N-dealkylation sites (N-methyl/N-ethyl adjacent to an activating group) is 1. The summed E-state index contributed by atoms with van der Waals surface area (Å²) >= 11 is 0. The maximum Gasteiger partial charge on any atom is 0.240 e. The maximum absolute atomic E-state index is 12.5. The number of benzene rings is 1. The number of carbonyl (C=O) groups excluding carboxylic acids is 1. The van der Waals surface area contributed by atoms with E-state index in [1.54, 1.807) is 42.2 Å². The lowest BCUT2D eigenvalue weighted by molar-refractivity contribution is -0.120. The van der Waals surface area contributed by atoms with E-state index in [1.807, 2.05) is 6.92 Å². The van der Waals surface area contributed by atoms with Crippen molar-refractivity contribution in [2.75, 3.05) is 13.6 Å². The minimum absolute atomic E-state index is 0.106. The van der Waals surface area contributed by atoms with Crippen molar-refractivity contribution in [3.63, 3.8) is 0 Å². The van der Waals surface area contributed by atoms with Gasteiger partial charge in [-0.25, -0.2) is 17.8 Å². The molecule has 0 bridgehead atoms. The van der Waals surface area contributed by atoms with Crippen LogP contribution in [-0.2, 0) is 34.1 Å². The normalized spacial score (nSPS) is 13.0. The molecule has 0 unspecified atom stereocenters. The van der Waals surface area contributed by atoms with Gasteiger partial charge in [0, 0.05) is 30.4 Å². The Morgan fingerprint density at radius 3 is 2.71 bits per heavy atom. The smallest absolute Gasteiger partial charge is 0.240 e. The first-order chi connectivity index (χ1) is 14.9. The number of aryl methyl sites for hydroxylation is 1. The lowest BCUT2D eigenvalue weighted by Gasteiger charge is -2.15. The molecule has 10 heteroatoms. The first-order valence-corrected chi connectivity index (χ1v) is 11.9. The SMILES string of the molecule is CCCCNS(=O)(=O)c1ccc(-n2nc(CC(=O)NC)c3c2-c2cn[nH]c2CC3)cc1. The summed E-state index contributed by atoms with van der Waals surface area (Å²) in [6.07, 6.45) is 5.22. The highest BCUT2D eigenvalue weighted by Gasteiger charge is 2.28. The molecule has 1 aliphatic rings. The van der Waals surface area contributed by atoms with Crippen LogP contribution < -0.4 is 10.0 Å². The number of hydrogen-bond donors (Lipinski definition) is 3. The summed E-state index contributed by atoms with van der Waals surface area (Å²) in [7, 11) is -1.95. The Morgan fingerprint density at radius 1 is 1.23 bits per heavy atom. The second kappa shape index (κ2) is 8.64. The summed E-state index contributed by atoms with van der Waals surface area (Å²) in [4.78, 5) is 12.2. The molecule has 0 spiro atoms. The van der Waals surface area contributed by atoms with E-state index in [2.05, 4.69) is 20.2 Å². The number of nitrogens with one attached hydrogen (secondary N) is 3. The van der Waals surface area contributed by atoms with Crippen LogP contribution in [-0.4, -0.2) is 47.9 Å². The number of nitrogens with zero attached hydrogens (tertiary/aromatic N) is 3. The van der Waals surface area contributed by atoms with Crippen LogP contribution in [0.2, 0.25) is 0 Å². The molecule has 2 heterocycles. The third-order valence-corrected chi connectivity index (χ3v) is 6.96. The van der Waals surface area contributed by atoms with Crippen molar-refractivity contribution in [2.24, 2.45) is 0 Å². The number of unbranched alkanes of at least 4 members (excludes halogenated alkanes) is 1. The fourth-order valence-electron chi connectivity index (χ4n) is 3.79. The Kier molecular flexibility index (Phi) is 5.92. The Morgan fingerprint density at radius 2 is 2.00 bits per heavy atom. The van der Waals surface area contributed by atoms with Gasteiger partial charge < -0.3 is 5.32 Å². The molecule has 0 radical (unpaired) electrons. The number of hydrogen-bond acceptors (Lipinski definition) is 5. The van der Waals surface area contributed by atoms with E-state index in [0.29, 0.717) is 6.54 Å². The van der Waals surface area contributed by atoms with Crippen LogP contribution in [0.5, 0.6) is 0 Å². The number of amides is 1. The molecule has 1 amide bonds. The van der Waals surface area contributed by atoms with E-state index in [-0.39, 0.29) is 17.2 Å². The van der Waals surface area contributed by atoms with Crippen molar-refractivity contribution in [3.8, 4) is 16.9 Å². The number of carbonyl (C=O) groups is 1. The zero-order chi connectivity index (χ0) is 22.0. The quantitative estimate of drug-likeness (QED) is 0.459. The zero-order valence-corrected chi connectivity index (χ0v) is 18.4. The van der Waals surface area contributed by atoms with Crippen LogP contribution in [0.15, 0.2) is 35.4 Å². The second-order valence-electron chi connectivity index (χ2n) is 7.54. The molecule has 164 valence electrons. The molecule has 0 saturated carbocycles. The van der Waals surface area contributed by atoms with Crippen LogP contribution in [0.4, 0.5) is 0 Å². The first kappa shape index (κ1) is 21.3. The maximum atomic E-state index is 12.5. The lowest BCUT2D eigenvalue weighted by Crippen LogP contribution is -2.24. The highest BCUT2D eigenvalue weighted by molar-refractivity contribution is 7.89. The molecule has 9 nitrogen and oxygen atoms in total. The van der Waals surface area contributed by atoms with Gasteiger partial charge in [-0.15, -0.1) is 0 Å². The third kappa shape index (κ3) is 4.13. The summed E-state index contributed by atoms with van der Waals surface area (Å²) in [5.74, 6) is -0.106. The average molecular weight is 443 g/mol. The number of aromatic nitrogens is 4. The summed E-state index contributed by atoms with van der Waals surface area (Å²) in [5, 5.41) is 14.6. The predicted octanol–water partition coefficient (Wildman–Crippen LogP) is 1.73. The average Bonchev–Trinajstić information content (AvgIpc) is 3.38. The van der Waals surface area contributed by atoms with Gasteiger partial charge in [0.25, 0.3) is 0 Å². The molecule has 0 saturated heterocycles. The van der Waals surface area contributed by atoms with Gasteiger partial charge in [-0.3, -0.25) is 9.89 Å². The number of rotatable bonds is 8. The van der Waals surface area contributed by atoms with E-state index in [1.165, 1.54) is 0 Å². The van der Waals surface area contributed by atoms with Gasteiger partial charge in [0.2, 0.25) is 15.9 Å². The van der Waals surface area contributed by atoms with Crippen LogP contribution in [0.25, 0.3) is 16.9 Å².